The molecule has 0 bridgehead atoms. The van der Waals surface area contributed by atoms with Crippen LogP contribution in [0.25, 0.3) is 11.3 Å². The molecule has 0 radical (unpaired) electrons. The van der Waals surface area contributed by atoms with E-state index in [1.54, 1.807) is 18.3 Å². The summed E-state index contributed by atoms with van der Waals surface area (Å²) >= 11 is 1.60. The van der Waals surface area contributed by atoms with Crippen molar-refractivity contribution >= 4 is 39.8 Å². The van der Waals surface area contributed by atoms with Crippen molar-refractivity contribution in [3.63, 3.8) is 0 Å². The first kappa shape index (κ1) is 19.1. The minimum absolute atomic E-state index is 0. The molecular weight excluding hydrogens is 396 g/mol. The Bertz CT molecular complexity index is 924. The van der Waals surface area contributed by atoms with Gasteiger partial charge in [0.1, 0.15) is 0 Å². The van der Waals surface area contributed by atoms with Crippen molar-refractivity contribution in [3.8, 4) is 11.3 Å². The lowest BCUT2D eigenvalue weighted by atomic mass is 10.1. The van der Waals surface area contributed by atoms with E-state index in [1.165, 1.54) is 0 Å². The molecule has 0 saturated carbocycles. The largest absolute Gasteiger partial charge is 0.313 e. The molecule has 0 unspecified atom stereocenters. The van der Waals surface area contributed by atoms with Gasteiger partial charge in [0.15, 0.2) is 10.6 Å². The van der Waals surface area contributed by atoms with E-state index >= 15 is 0 Å². The summed E-state index contributed by atoms with van der Waals surface area (Å²) in [5.74, 6) is 0.0609. The minimum atomic E-state index is 0. The fourth-order valence-corrected chi connectivity index (χ4v) is 3.38. The Kier molecular flexibility index (Phi) is 6.67. The van der Waals surface area contributed by atoms with Gasteiger partial charge >= 0.3 is 0 Å². The molecule has 3 rings (SSSR count). The normalized spacial score (nSPS) is 11.0. The molecule has 0 amide bonds. The van der Waals surface area contributed by atoms with Gasteiger partial charge in [-0.25, -0.2) is 4.99 Å². The molecule has 0 aliphatic rings. The summed E-state index contributed by atoms with van der Waals surface area (Å²) in [5, 5.41) is 2.11. The Morgan fingerprint density at radius 3 is 2.44 bits per heavy atom. The van der Waals surface area contributed by atoms with Crippen molar-refractivity contribution in [1.29, 1.82) is 0 Å². The molecule has 0 aliphatic carbocycles. The van der Waals surface area contributed by atoms with Crippen molar-refractivity contribution in [3.05, 3.63) is 83.0 Å². The van der Waals surface area contributed by atoms with Gasteiger partial charge in [0.2, 0.25) is 0 Å². The van der Waals surface area contributed by atoms with E-state index < -0.39 is 0 Å². The molecule has 0 atom stereocenters. The van der Waals surface area contributed by atoms with Gasteiger partial charge in [-0.15, -0.1) is 34.9 Å². The van der Waals surface area contributed by atoms with Crippen LogP contribution in [0.3, 0.4) is 0 Å². The number of ketones is 1. The molecule has 0 saturated heterocycles. The Morgan fingerprint density at radius 1 is 1.16 bits per heavy atom. The first-order valence-corrected chi connectivity index (χ1v) is 8.57. The third kappa shape index (κ3) is 4.44. The summed E-state index contributed by atoms with van der Waals surface area (Å²) in [6.07, 6.45) is 1.87. The molecule has 128 valence electrons. The van der Waals surface area contributed by atoms with Crippen LogP contribution in [0.15, 0.2) is 77.6 Å². The number of nitrogens with zero attached hydrogens (tertiary/aromatic N) is 2. The highest BCUT2D eigenvalue weighted by atomic mass is 79.9. The van der Waals surface area contributed by atoms with Gasteiger partial charge in [-0.1, -0.05) is 36.4 Å². The molecular formula is C20H19BrN2OS. The monoisotopic (exact) mass is 414 g/mol. The molecule has 2 aromatic carbocycles. The van der Waals surface area contributed by atoms with Gasteiger partial charge in [0.25, 0.3) is 0 Å². The average Bonchev–Trinajstić information content (AvgIpc) is 2.99. The fraction of sp³-hybridized carbons (Fsp3) is 0.100. The van der Waals surface area contributed by atoms with Gasteiger partial charge < -0.3 is 4.57 Å². The maximum atomic E-state index is 11.4. The highest BCUT2D eigenvalue weighted by Crippen LogP contribution is 2.20. The molecule has 0 N–H and O–H groups in total. The average molecular weight is 415 g/mol. The highest BCUT2D eigenvalue weighted by molar-refractivity contribution is 8.93. The Morgan fingerprint density at radius 2 is 1.84 bits per heavy atom. The van der Waals surface area contributed by atoms with E-state index in [-0.39, 0.29) is 22.8 Å². The van der Waals surface area contributed by atoms with E-state index in [2.05, 4.69) is 28.7 Å². The lowest BCUT2D eigenvalue weighted by Crippen LogP contribution is -2.14. The summed E-state index contributed by atoms with van der Waals surface area (Å²) in [5.41, 5.74) is 3.81. The van der Waals surface area contributed by atoms with Crippen LogP contribution in [0.5, 0.6) is 0 Å². The van der Waals surface area contributed by atoms with Crippen molar-refractivity contribution < 1.29 is 4.79 Å². The first-order chi connectivity index (χ1) is 11.7. The van der Waals surface area contributed by atoms with Gasteiger partial charge in [-0.2, -0.15) is 0 Å². The van der Waals surface area contributed by atoms with Crippen LogP contribution >= 0.6 is 28.3 Å². The Labute approximate surface area is 161 Å². The molecule has 3 nitrogen and oxygen atoms in total. The van der Waals surface area contributed by atoms with Crippen LogP contribution in [0.2, 0.25) is 0 Å². The lowest BCUT2D eigenvalue weighted by Gasteiger charge is -2.06. The third-order valence-electron chi connectivity index (χ3n) is 3.68. The van der Waals surface area contributed by atoms with E-state index in [0.717, 1.165) is 21.7 Å². The molecule has 3 aromatic rings. The number of rotatable bonds is 5. The van der Waals surface area contributed by atoms with Crippen LogP contribution in [-0.2, 0) is 6.54 Å². The summed E-state index contributed by atoms with van der Waals surface area (Å²) in [4.78, 5) is 17.0. The highest BCUT2D eigenvalue weighted by Gasteiger charge is 2.07. The maximum absolute atomic E-state index is 11.4. The second kappa shape index (κ2) is 8.74. The van der Waals surface area contributed by atoms with Gasteiger partial charge in [-0.3, -0.25) is 4.79 Å². The number of hydrogen-bond donors (Lipinski definition) is 0. The Hall–Kier alpha value is -2.24. The zero-order valence-electron chi connectivity index (χ0n) is 13.9. The van der Waals surface area contributed by atoms with E-state index in [1.807, 2.05) is 48.5 Å². The number of Topliss-reactive ketones (excluding diaryl/α,β-unsaturated/α-hetero) is 1. The van der Waals surface area contributed by atoms with Crippen LogP contribution in [0, 0.1) is 0 Å². The zero-order chi connectivity index (χ0) is 16.9. The number of benzene rings is 2. The SMILES string of the molecule is Br.C=CCn1c(-c2ccccc2)csc1=Nc1ccc(C(C)=O)cc1. The Balaban J connectivity index is 0.00000225. The van der Waals surface area contributed by atoms with Crippen LogP contribution in [-0.4, -0.2) is 10.4 Å². The summed E-state index contributed by atoms with van der Waals surface area (Å²) in [6, 6.07) is 17.6. The minimum Gasteiger partial charge on any atom is -0.313 e. The van der Waals surface area contributed by atoms with Crippen LogP contribution in [0.4, 0.5) is 5.69 Å². The summed E-state index contributed by atoms with van der Waals surface area (Å²) in [6.45, 7) is 6.11. The second-order valence-corrected chi connectivity index (χ2v) is 6.22. The number of carbonyl (C=O) groups excluding carboxylic acids is 1. The maximum Gasteiger partial charge on any atom is 0.190 e. The number of carbonyl (C=O) groups is 1. The number of thiazole rings is 1. The van der Waals surface area contributed by atoms with Crippen molar-refractivity contribution in [1.82, 2.24) is 4.57 Å². The molecule has 25 heavy (non-hydrogen) atoms. The molecule has 0 spiro atoms. The van der Waals surface area contributed by atoms with Crippen molar-refractivity contribution in [2.24, 2.45) is 4.99 Å². The van der Waals surface area contributed by atoms with Crippen molar-refractivity contribution in [2.75, 3.05) is 0 Å². The smallest absolute Gasteiger partial charge is 0.190 e. The zero-order valence-corrected chi connectivity index (χ0v) is 16.4. The topological polar surface area (TPSA) is 34.4 Å². The van der Waals surface area contributed by atoms with Crippen LogP contribution < -0.4 is 4.80 Å². The number of aromatic nitrogens is 1. The van der Waals surface area contributed by atoms with Crippen LogP contribution in [0.1, 0.15) is 17.3 Å². The molecule has 1 heterocycles. The second-order valence-electron chi connectivity index (χ2n) is 5.38. The standard InChI is InChI=1S/C20H18N2OS.BrH/c1-3-13-22-19(17-7-5-4-6-8-17)14-24-20(22)21-18-11-9-16(10-12-18)15(2)23;/h3-12,14H,1,13H2,2H3;1H. The summed E-state index contributed by atoms with van der Waals surface area (Å²) < 4.78 is 2.14. The summed E-state index contributed by atoms with van der Waals surface area (Å²) in [7, 11) is 0. The van der Waals surface area contributed by atoms with Gasteiger partial charge in [-0.05, 0) is 36.8 Å². The molecule has 5 heteroatoms. The molecule has 0 aliphatic heterocycles. The third-order valence-corrected chi connectivity index (χ3v) is 4.54. The number of halogens is 1. The van der Waals surface area contributed by atoms with E-state index in [9.17, 15) is 4.79 Å². The van der Waals surface area contributed by atoms with Crippen molar-refractivity contribution in [2.45, 2.75) is 13.5 Å². The quantitative estimate of drug-likeness (QED) is 0.405. The number of allylic oxidation sites excluding steroid dienone is 1. The predicted molar refractivity (Wildman–Crippen MR) is 110 cm³/mol. The fourth-order valence-electron chi connectivity index (χ4n) is 2.44. The molecule has 0 fully saturated rings. The number of hydrogen-bond acceptors (Lipinski definition) is 3. The lowest BCUT2D eigenvalue weighted by molar-refractivity contribution is 0.101. The first-order valence-electron chi connectivity index (χ1n) is 7.69. The van der Waals surface area contributed by atoms with E-state index in [4.69, 9.17) is 4.99 Å². The molecule has 1 aromatic heterocycles. The van der Waals surface area contributed by atoms with Gasteiger partial charge in [0.05, 0.1) is 11.4 Å². The predicted octanol–water partition coefficient (Wildman–Crippen LogP) is 5.42. The van der Waals surface area contributed by atoms with Gasteiger partial charge in [0, 0.05) is 17.5 Å². The van der Waals surface area contributed by atoms with E-state index in [0.29, 0.717) is 12.1 Å².